The molecule has 1 amide bonds. The summed E-state index contributed by atoms with van der Waals surface area (Å²) >= 11 is 1.86. The summed E-state index contributed by atoms with van der Waals surface area (Å²) in [5, 5.41) is 7.93. The Bertz CT molecular complexity index is 720. The van der Waals surface area contributed by atoms with Gasteiger partial charge in [0.25, 0.3) is 0 Å². The van der Waals surface area contributed by atoms with Gasteiger partial charge in [0.1, 0.15) is 5.82 Å². The zero-order valence-corrected chi connectivity index (χ0v) is 14.6. The minimum Gasteiger partial charge on any atom is -0.310 e. The zero-order valence-electron chi connectivity index (χ0n) is 13.8. The molecule has 1 aliphatic carbocycles. The first-order chi connectivity index (χ1) is 11.8. The van der Waals surface area contributed by atoms with Gasteiger partial charge in [-0.2, -0.15) is 16.9 Å². The molecule has 0 atom stereocenters. The van der Waals surface area contributed by atoms with Crippen LogP contribution < -0.4 is 5.32 Å². The van der Waals surface area contributed by atoms with E-state index in [1.807, 2.05) is 46.8 Å². The van der Waals surface area contributed by atoms with E-state index >= 15 is 0 Å². The minimum atomic E-state index is 0.138. The molecule has 1 saturated carbocycles. The average Bonchev–Trinajstić information content (AvgIpc) is 3.19. The number of benzene rings is 1. The number of anilines is 1. The fourth-order valence-electron chi connectivity index (χ4n) is 3.73. The van der Waals surface area contributed by atoms with Crippen LogP contribution in [0, 0.1) is 5.92 Å². The highest BCUT2D eigenvalue weighted by Crippen LogP contribution is 2.36. The molecule has 1 N–H and O–H groups in total. The van der Waals surface area contributed by atoms with Crippen LogP contribution in [-0.4, -0.2) is 15.7 Å². The number of carbonyl (C=O) groups is 1. The van der Waals surface area contributed by atoms with Gasteiger partial charge in [-0.3, -0.25) is 4.79 Å². The molecule has 0 spiro atoms. The van der Waals surface area contributed by atoms with Crippen LogP contribution in [0.25, 0.3) is 5.69 Å². The van der Waals surface area contributed by atoms with E-state index in [2.05, 4.69) is 5.32 Å². The third kappa shape index (κ3) is 3.22. The molecule has 1 aliphatic heterocycles. The Labute approximate surface area is 147 Å². The quantitative estimate of drug-likeness (QED) is 0.889. The van der Waals surface area contributed by atoms with Crippen LogP contribution in [0.3, 0.4) is 0 Å². The molecule has 1 fully saturated rings. The van der Waals surface area contributed by atoms with Crippen LogP contribution >= 0.6 is 11.8 Å². The van der Waals surface area contributed by atoms with Crippen LogP contribution in [0.15, 0.2) is 30.3 Å². The maximum atomic E-state index is 12.6. The molecule has 1 aromatic heterocycles. The summed E-state index contributed by atoms with van der Waals surface area (Å²) in [5.74, 6) is 3.43. The molecule has 2 heterocycles. The van der Waals surface area contributed by atoms with Crippen LogP contribution in [0.4, 0.5) is 5.82 Å². The van der Waals surface area contributed by atoms with E-state index in [0.29, 0.717) is 12.3 Å². The molecule has 0 saturated heterocycles. The van der Waals surface area contributed by atoms with Crippen molar-refractivity contribution in [3.63, 3.8) is 0 Å². The smallest absolute Gasteiger partial charge is 0.225 e. The summed E-state index contributed by atoms with van der Waals surface area (Å²) in [5.41, 5.74) is 3.31. The SMILES string of the molecule is O=C(CC1CCCCC1)Nc1c2c(nn1-c1ccccc1)CSC2. The largest absolute Gasteiger partial charge is 0.310 e. The number of nitrogens with zero attached hydrogens (tertiary/aromatic N) is 2. The summed E-state index contributed by atoms with van der Waals surface area (Å²) in [6.45, 7) is 0. The molecule has 2 aromatic rings. The first-order valence-electron chi connectivity index (χ1n) is 8.85. The van der Waals surface area contributed by atoms with Crippen molar-refractivity contribution in [2.75, 3.05) is 5.32 Å². The van der Waals surface area contributed by atoms with Crippen molar-refractivity contribution in [3.8, 4) is 5.69 Å². The minimum absolute atomic E-state index is 0.138. The first kappa shape index (κ1) is 15.8. The van der Waals surface area contributed by atoms with Crippen molar-refractivity contribution in [2.24, 2.45) is 5.92 Å². The fourth-order valence-corrected chi connectivity index (χ4v) is 4.77. The predicted octanol–water partition coefficient (Wildman–Crippen LogP) is 4.53. The molecule has 24 heavy (non-hydrogen) atoms. The second-order valence-corrected chi connectivity index (χ2v) is 7.76. The van der Waals surface area contributed by atoms with Gasteiger partial charge in [-0.25, -0.2) is 4.68 Å². The lowest BCUT2D eigenvalue weighted by molar-refractivity contribution is -0.117. The lowest BCUT2D eigenvalue weighted by Crippen LogP contribution is -2.20. The molecule has 4 rings (SSSR count). The number of hydrogen-bond donors (Lipinski definition) is 1. The second-order valence-electron chi connectivity index (χ2n) is 6.77. The molecular weight excluding hydrogens is 318 g/mol. The van der Waals surface area contributed by atoms with Gasteiger partial charge in [0.2, 0.25) is 5.91 Å². The van der Waals surface area contributed by atoms with Gasteiger partial charge in [0, 0.05) is 23.5 Å². The van der Waals surface area contributed by atoms with Crippen molar-refractivity contribution in [1.29, 1.82) is 0 Å². The van der Waals surface area contributed by atoms with Gasteiger partial charge < -0.3 is 5.32 Å². The van der Waals surface area contributed by atoms with Crippen molar-refractivity contribution >= 4 is 23.5 Å². The fraction of sp³-hybridized carbons (Fsp3) is 0.474. The van der Waals surface area contributed by atoms with E-state index in [-0.39, 0.29) is 5.91 Å². The summed E-state index contributed by atoms with van der Waals surface area (Å²) in [4.78, 5) is 12.6. The van der Waals surface area contributed by atoms with Gasteiger partial charge in [-0.1, -0.05) is 37.5 Å². The highest BCUT2D eigenvalue weighted by molar-refractivity contribution is 7.98. The molecule has 4 nitrogen and oxygen atoms in total. The van der Waals surface area contributed by atoms with E-state index in [1.165, 1.54) is 37.7 Å². The van der Waals surface area contributed by atoms with Gasteiger partial charge in [0.15, 0.2) is 0 Å². The van der Waals surface area contributed by atoms with Crippen LogP contribution in [0.5, 0.6) is 0 Å². The van der Waals surface area contributed by atoms with E-state index in [0.717, 1.165) is 28.7 Å². The highest BCUT2D eigenvalue weighted by atomic mass is 32.2. The number of nitrogens with one attached hydrogen (secondary N) is 1. The molecule has 5 heteroatoms. The molecule has 0 radical (unpaired) electrons. The Balaban J connectivity index is 1.56. The molecule has 126 valence electrons. The lowest BCUT2D eigenvalue weighted by atomic mass is 9.87. The third-order valence-corrected chi connectivity index (χ3v) is 5.98. The Kier molecular flexibility index (Phi) is 4.60. The van der Waals surface area contributed by atoms with Gasteiger partial charge >= 0.3 is 0 Å². The maximum Gasteiger partial charge on any atom is 0.225 e. The van der Waals surface area contributed by atoms with E-state index in [4.69, 9.17) is 5.10 Å². The number of aromatic nitrogens is 2. The summed E-state index contributed by atoms with van der Waals surface area (Å²) in [7, 11) is 0. The Morgan fingerprint density at radius 3 is 2.75 bits per heavy atom. The third-order valence-electron chi connectivity index (χ3n) is 5.01. The highest BCUT2D eigenvalue weighted by Gasteiger charge is 2.25. The zero-order chi connectivity index (χ0) is 16.4. The Hall–Kier alpha value is -1.75. The van der Waals surface area contributed by atoms with E-state index < -0.39 is 0 Å². The Morgan fingerprint density at radius 2 is 1.96 bits per heavy atom. The van der Waals surface area contributed by atoms with E-state index in [9.17, 15) is 4.79 Å². The molecular formula is C19H23N3OS. The average molecular weight is 341 g/mol. The van der Waals surface area contributed by atoms with Gasteiger partial charge in [0.05, 0.1) is 11.4 Å². The second kappa shape index (κ2) is 7.01. The number of fused-ring (bicyclic) bond motifs is 1. The monoisotopic (exact) mass is 341 g/mol. The van der Waals surface area contributed by atoms with Crippen molar-refractivity contribution in [1.82, 2.24) is 9.78 Å². The Morgan fingerprint density at radius 1 is 1.17 bits per heavy atom. The van der Waals surface area contributed by atoms with Gasteiger partial charge in [-0.15, -0.1) is 0 Å². The standard InChI is InChI=1S/C19H23N3OS/c23-18(11-14-7-3-1-4-8-14)20-19-16-12-24-13-17(16)21-22(19)15-9-5-2-6-10-15/h2,5-6,9-10,14H,1,3-4,7-8,11-13H2,(H,20,23). The lowest BCUT2D eigenvalue weighted by Gasteiger charge is -2.21. The number of para-hydroxylation sites is 1. The van der Waals surface area contributed by atoms with Crippen molar-refractivity contribution < 1.29 is 4.79 Å². The van der Waals surface area contributed by atoms with E-state index in [1.54, 1.807) is 0 Å². The summed E-state index contributed by atoms with van der Waals surface area (Å²) < 4.78 is 1.91. The summed E-state index contributed by atoms with van der Waals surface area (Å²) in [6.07, 6.45) is 6.89. The number of carbonyl (C=O) groups excluding carboxylic acids is 1. The number of amides is 1. The number of rotatable bonds is 4. The topological polar surface area (TPSA) is 46.9 Å². The van der Waals surface area contributed by atoms with Crippen LogP contribution in [0.2, 0.25) is 0 Å². The number of thioether (sulfide) groups is 1. The molecule has 1 aromatic carbocycles. The number of hydrogen-bond acceptors (Lipinski definition) is 3. The maximum absolute atomic E-state index is 12.6. The van der Waals surface area contributed by atoms with Crippen LogP contribution in [-0.2, 0) is 16.3 Å². The molecule has 0 unspecified atom stereocenters. The van der Waals surface area contributed by atoms with Crippen molar-refractivity contribution in [2.45, 2.75) is 50.0 Å². The van der Waals surface area contributed by atoms with Gasteiger partial charge in [-0.05, 0) is 30.9 Å². The normalized spacial score (nSPS) is 17.7. The molecule has 0 bridgehead atoms. The van der Waals surface area contributed by atoms with Crippen LogP contribution in [0.1, 0.15) is 49.8 Å². The predicted molar refractivity (Wildman–Crippen MR) is 98.4 cm³/mol. The van der Waals surface area contributed by atoms with Crippen molar-refractivity contribution in [3.05, 3.63) is 41.6 Å². The molecule has 2 aliphatic rings. The summed E-state index contributed by atoms with van der Waals surface area (Å²) in [6, 6.07) is 10.1. The first-order valence-corrected chi connectivity index (χ1v) is 10.0.